The molecule has 0 saturated carbocycles. The Bertz CT molecular complexity index is 380. The Labute approximate surface area is 110 Å². The molecule has 0 fully saturated rings. The fourth-order valence-corrected chi connectivity index (χ4v) is 1.99. The molecule has 0 saturated heterocycles. The highest BCUT2D eigenvalue weighted by Crippen LogP contribution is 2.23. The lowest BCUT2D eigenvalue weighted by molar-refractivity contribution is 0.0758. The maximum Gasteiger partial charge on any atom is 0.128 e. The van der Waals surface area contributed by atoms with Gasteiger partial charge >= 0.3 is 0 Å². The minimum atomic E-state index is 0.225. The van der Waals surface area contributed by atoms with Crippen LogP contribution in [0.5, 0.6) is 5.75 Å². The standard InChI is InChI=1S/C14H24N2O2/c1-6-18-11(3)8-15-9-13-12(4)14(17-5)10(2)7-16-13/h7,11,15H,6,8-9H2,1-5H3. The van der Waals surface area contributed by atoms with Gasteiger partial charge in [0.25, 0.3) is 0 Å². The van der Waals surface area contributed by atoms with Crippen molar-refractivity contribution in [2.24, 2.45) is 0 Å². The number of nitrogens with zero attached hydrogens (tertiary/aromatic N) is 1. The molecule has 0 aromatic carbocycles. The second kappa shape index (κ2) is 7.34. The molecule has 4 nitrogen and oxygen atoms in total. The lowest BCUT2D eigenvalue weighted by atomic mass is 10.1. The van der Waals surface area contributed by atoms with Gasteiger partial charge in [0.1, 0.15) is 5.75 Å². The molecule has 18 heavy (non-hydrogen) atoms. The van der Waals surface area contributed by atoms with E-state index in [4.69, 9.17) is 9.47 Å². The van der Waals surface area contributed by atoms with Crippen LogP contribution in [0, 0.1) is 13.8 Å². The Balaban J connectivity index is 2.58. The number of ether oxygens (including phenoxy) is 2. The van der Waals surface area contributed by atoms with Gasteiger partial charge in [-0.2, -0.15) is 0 Å². The topological polar surface area (TPSA) is 43.4 Å². The molecule has 0 radical (unpaired) electrons. The van der Waals surface area contributed by atoms with Gasteiger partial charge in [-0.1, -0.05) is 0 Å². The molecule has 0 aliphatic heterocycles. The van der Waals surface area contributed by atoms with Crippen LogP contribution in [-0.4, -0.2) is 31.3 Å². The Kier molecular flexibility index (Phi) is 6.09. The molecule has 0 bridgehead atoms. The molecule has 1 unspecified atom stereocenters. The van der Waals surface area contributed by atoms with E-state index in [9.17, 15) is 0 Å². The van der Waals surface area contributed by atoms with Crippen molar-refractivity contribution in [1.29, 1.82) is 0 Å². The van der Waals surface area contributed by atoms with Gasteiger partial charge in [-0.3, -0.25) is 4.98 Å². The molecule has 0 amide bonds. The molecule has 1 aromatic heterocycles. The number of pyridine rings is 1. The Morgan fingerprint density at radius 3 is 2.72 bits per heavy atom. The van der Waals surface area contributed by atoms with Crippen LogP contribution in [0.4, 0.5) is 0 Å². The zero-order valence-electron chi connectivity index (χ0n) is 12.0. The summed E-state index contributed by atoms with van der Waals surface area (Å²) < 4.78 is 10.9. The van der Waals surface area contributed by atoms with Crippen molar-refractivity contribution in [1.82, 2.24) is 10.3 Å². The summed E-state index contributed by atoms with van der Waals surface area (Å²) in [5.41, 5.74) is 3.21. The van der Waals surface area contributed by atoms with Gasteiger partial charge in [-0.25, -0.2) is 0 Å². The molecule has 1 heterocycles. The summed E-state index contributed by atoms with van der Waals surface area (Å²) in [6, 6.07) is 0. The van der Waals surface area contributed by atoms with E-state index in [2.05, 4.69) is 17.2 Å². The third-order valence-electron chi connectivity index (χ3n) is 2.93. The molecule has 0 spiro atoms. The summed E-state index contributed by atoms with van der Waals surface area (Å²) in [4.78, 5) is 4.45. The van der Waals surface area contributed by atoms with E-state index in [1.54, 1.807) is 7.11 Å². The Hall–Kier alpha value is -1.13. The van der Waals surface area contributed by atoms with Crippen molar-refractivity contribution in [2.45, 2.75) is 40.3 Å². The van der Waals surface area contributed by atoms with Gasteiger partial charge in [0.15, 0.2) is 0 Å². The second-order valence-corrected chi connectivity index (χ2v) is 4.44. The molecule has 4 heteroatoms. The number of rotatable bonds is 7. The predicted molar refractivity (Wildman–Crippen MR) is 73.1 cm³/mol. The maximum absolute atomic E-state index is 5.47. The van der Waals surface area contributed by atoms with E-state index in [1.807, 2.05) is 27.0 Å². The third kappa shape index (κ3) is 3.96. The van der Waals surface area contributed by atoms with Crippen LogP contribution in [0.2, 0.25) is 0 Å². The molecule has 1 N–H and O–H groups in total. The van der Waals surface area contributed by atoms with Gasteiger partial charge in [-0.05, 0) is 27.7 Å². The van der Waals surface area contributed by atoms with Gasteiger partial charge in [0.2, 0.25) is 0 Å². The van der Waals surface area contributed by atoms with Crippen molar-refractivity contribution < 1.29 is 9.47 Å². The van der Waals surface area contributed by atoms with Crippen molar-refractivity contribution >= 4 is 0 Å². The first-order valence-electron chi connectivity index (χ1n) is 6.41. The van der Waals surface area contributed by atoms with Gasteiger partial charge in [0.05, 0.1) is 18.9 Å². The van der Waals surface area contributed by atoms with Crippen LogP contribution in [0.25, 0.3) is 0 Å². The first-order valence-corrected chi connectivity index (χ1v) is 6.41. The zero-order valence-corrected chi connectivity index (χ0v) is 12.0. The Morgan fingerprint density at radius 2 is 2.11 bits per heavy atom. The van der Waals surface area contributed by atoms with E-state index in [0.717, 1.165) is 42.3 Å². The predicted octanol–water partition coefficient (Wildman–Crippen LogP) is 2.22. The molecule has 102 valence electrons. The minimum Gasteiger partial charge on any atom is -0.496 e. The Morgan fingerprint density at radius 1 is 1.39 bits per heavy atom. The molecular formula is C14H24N2O2. The quantitative estimate of drug-likeness (QED) is 0.808. The summed E-state index contributed by atoms with van der Waals surface area (Å²) in [5.74, 6) is 0.930. The molecule has 0 aliphatic carbocycles. The first kappa shape index (κ1) is 14.9. The fraction of sp³-hybridized carbons (Fsp3) is 0.643. The number of aromatic nitrogens is 1. The van der Waals surface area contributed by atoms with Crippen LogP contribution in [0.3, 0.4) is 0 Å². The van der Waals surface area contributed by atoms with Crippen LogP contribution >= 0.6 is 0 Å². The lowest BCUT2D eigenvalue weighted by Gasteiger charge is -2.15. The summed E-state index contributed by atoms with van der Waals surface area (Å²) in [6.07, 6.45) is 2.08. The van der Waals surface area contributed by atoms with Crippen molar-refractivity contribution in [3.05, 3.63) is 23.0 Å². The molecular weight excluding hydrogens is 228 g/mol. The minimum absolute atomic E-state index is 0.225. The van der Waals surface area contributed by atoms with E-state index in [0.29, 0.717) is 0 Å². The van der Waals surface area contributed by atoms with E-state index < -0.39 is 0 Å². The van der Waals surface area contributed by atoms with Gasteiger partial charge in [0, 0.05) is 37.0 Å². The number of nitrogens with one attached hydrogen (secondary N) is 1. The summed E-state index contributed by atoms with van der Waals surface area (Å²) in [6.45, 7) is 10.4. The molecule has 1 rings (SSSR count). The zero-order chi connectivity index (χ0) is 13.5. The second-order valence-electron chi connectivity index (χ2n) is 4.44. The SMILES string of the molecule is CCOC(C)CNCc1ncc(C)c(OC)c1C. The van der Waals surface area contributed by atoms with Crippen LogP contribution in [0.1, 0.15) is 30.7 Å². The van der Waals surface area contributed by atoms with Crippen molar-refractivity contribution in [3.63, 3.8) is 0 Å². The third-order valence-corrected chi connectivity index (χ3v) is 2.93. The van der Waals surface area contributed by atoms with E-state index >= 15 is 0 Å². The number of hydrogen-bond donors (Lipinski definition) is 1. The highest BCUT2D eigenvalue weighted by molar-refractivity contribution is 5.40. The highest BCUT2D eigenvalue weighted by Gasteiger charge is 2.09. The van der Waals surface area contributed by atoms with E-state index in [-0.39, 0.29) is 6.10 Å². The van der Waals surface area contributed by atoms with Crippen LogP contribution in [-0.2, 0) is 11.3 Å². The molecule has 0 aliphatic rings. The first-order chi connectivity index (χ1) is 8.60. The normalized spacial score (nSPS) is 12.5. The molecule has 1 aromatic rings. The average molecular weight is 252 g/mol. The average Bonchev–Trinajstić information content (AvgIpc) is 2.33. The van der Waals surface area contributed by atoms with Gasteiger partial charge in [-0.15, -0.1) is 0 Å². The summed E-state index contributed by atoms with van der Waals surface area (Å²) in [5, 5.41) is 3.35. The van der Waals surface area contributed by atoms with Crippen molar-refractivity contribution in [2.75, 3.05) is 20.3 Å². The van der Waals surface area contributed by atoms with Crippen molar-refractivity contribution in [3.8, 4) is 5.75 Å². The smallest absolute Gasteiger partial charge is 0.128 e. The van der Waals surface area contributed by atoms with E-state index in [1.165, 1.54) is 0 Å². The summed E-state index contributed by atoms with van der Waals surface area (Å²) in [7, 11) is 1.70. The summed E-state index contributed by atoms with van der Waals surface area (Å²) >= 11 is 0. The largest absolute Gasteiger partial charge is 0.496 e. The number of aryl methyl sites for hydroxylation is 1. The van der Waals surface area contributed by atoms with Gasteiger partial charge < -0.3 is 14.8 Å². The maximum atomic E-state index is 5.47. The highest BCUT2D eigenvalue weighted by atomic mass is 16.5. The fourth-order valence-electron chi connectivity index (χ4n) is 1.99. The van der Waals surface area contributed by atoms with Crippen LogP contribution in [0.15, 0.2) is 6.20 Å². The molecule has 1 atom stereocenters. The number of methoxy groups -OCH3 is 1. The lowest BCUT2D eigenvalue weighted by Crippen LogP contribution is -2.27. The number of hydrogen-bond acceptors (Lipinski definition) is 4. The van der Waals surface area contributed by atoms with Crippen LogP contribution < -0.4 is 10.1 Å². The monoisotopic (exact) mass is 252 g/mol.